The highest BCUT2D eigenvalue weighted by atomic mass is 16.5. The predicted molar refractivity (Wildman–Crippen MR) is 143 cm³/mol. The zero-order chi connectivity index (χ0) is 26.6. The Kier molecular flexibility index (Phi) is 10.1. The van der Waals surface area contributed by atoms with Crippen molar-refractivity contribution in [2.45, 2.75) is 39.8 Å². The van der Waals surface area contributed by atoms with Crippen molar-refractivity contribution in [1.29, 1.82) is 0 Å². The molecule has 0 spiro atoms. The second kappa shape index (κ2) is 13.7. The molecule has 3 rings (SSSR count). The minimum Gasteiger partial charge on any atom is -0.497 e. The number of carbonyl (C=O) groups excluding carboxylic acids is 2. The number of carbonyl (C=O) groups is 2. The molecule has 1 unspecified atom stereocenters. The molecule has 8 heteroatoms. The smallest absolute Gasteiger partial charge is 0.262 e. The molecule has 0 aliphatic rings. The van der Waals surface area contributed by atoms with E-state index in [1.54, 1.807) is 32.2 Å². The van der Waals surface area contributed by atoms with E-state index in [2.05, 4.69) is 21.9 Å². The fourth-order valence-corrected chi connectivity index (χ4v) is 3.51. The Morgan fingerprint density at radius 2 is 1.76 bits per heavy atom. The Bertz CT molecular complexity index is 1220. The monoisotopic (exact) mass is 503 g/mol. The molecule has 0 bridgehead atoms. The third-order valence-electron chi connectivity index (χ3n) is 5.43. The zero-order valence-electron chi connectivity index (χ0n) is 21.6. The Balaban J connectivity index is 1.52. The number of nitrogens with zero attached hydrogens (tertiary/aromatic N) is 1. The average molecular weight is 504 g/mol. The van der Waals surface area contributed by atoms with Crippen molar-refractivity contribution in [2.24, 2.45) is 5.10 Å². The lowest BCUT2D eigenvalue weighted by molar-refractivity contribution is -0.128. The van der Waals surface area contributed by atoms with Gasteiger partial charge < -0.3 is 19.5 Å². The van der Waals surface area contributed by atoms with Crippen LogP contribution in [0.1, 0.15) is 36.1 Å². The lowest BCUT2D eigenvalue weighted by Crippen LogP contribution is -2.43. The third-order valence-corrected chi connectivity index (χ3v) is 5.43. The van der Waals surface area contributed by atoms with E-state index in [9.17, 15) is 9.59 Å². The number of rotatable bonds is 12. The van der Waals surface area contributed by atoms with Crippen molar-refractivity contribution >= 4 is 18.0 Å². The molecule has 0 fully saturated rings. The molecule has 0 aliphatic carbocycles. The van der Waals surface area contributed by atoms with E-state index in [-0.39, 0.29) is 12.3 Å². The summed E-state index contributed by atoms with van der Waals surface area (Å²) in [6.45, 7) is 6.44. The minimum absolute atomic E-state index is 0.156. The lowest BCUT2D eigenvalue weighted by Gasteiger charge is -2.13. The Hall–Kier alpha value is -4.33. The van der Waals surface area contributed by atoms with Gasteiger partial charge in [-0.05, 0) is 67.8 Å². The van der Waals surface area contributed by atoms with Crippen molar-refractivity contribution in [1.82, 2.24) is 10.7 Å². The fraction of sp³-hybridized carbons (Fsp3) is 0.276. The maximum absolute atomic E-state index is 12.4. The van der Waals surface area contributed by atoms with Gasteiger partial charge in [-0.2, -0.15) is 5.10 Å². The highest BCUT2D eigenvalue weighted by molar-refractivity contribution is 5.89. The maximum Gasteiger partial charge on any atom is 0.262 e. The van der Waals surface area contributed by atoms with Crippen molar-refractivity contribution in [3.8, 4) is 17.2 Å². The van der Waals surface area contributed by atoms with Gasteiger partial charge in [0.05, 0.1) is 26.4 Å². The van der Waals surface area contributed by atoms with Gasteiger partial charge in [-0.15, -0.1) is 0 Å². The summed E-state index contributed by atoms with van der Waals surface area (Å²) in [5.74, 6) is 1.23. The standard InChI is InChI=1S/C29H33N3O5/c1-5-36-27-16-23(11-14-26(27)37-19-24-8-6-7-20(2)15-24)18-30-32-29(34)21(3)31-28(33)17-22-9-12-25(35-4)13-10-22/h6-16,18,21H,5,17,19H2,1-4H3,(H,31,33)(H,32,34). The highest BCUT2D eigenvalue weighted by Crippen LogP contribution is 2.29. The number of nitrogens with one attached hydrogen (secondary N) is 2. The molecule has 3 aromatic carbocycles. The van der Waals surface area contributed by atoms with Gasteiger partial charge in [-0.3, -0.25) is 9.59 Å². The molecule has 0 aromatic heterocycles. The van der Waals surface area contributed by atoms with Crippen LogP contribution in [0.3, 0.4) is 0 Å². The zero-order valence-corrected chi connectivity index (χ0v) is 21.6. The first-order valence-electron chi connectivity index (χ1n) is 12.1. The number of hydrazone groups is 1. The first-order valence-corrected chi connectivity index (χ1v) is 12.1. The molecule has 0 radical (unpaired) electrons. The van der Waals surface area contributed by atoms with Crippen molar-refractivity contribution < 1.29 is 23.8 Å². The van der Waals surface area contributed by atoms with Crippen LogP contribution in [-0.4, -0.2) is 37.8 Å². The van der Waals surface area contributed by atoms with E-state index >= 15 is 0 Å². The SMILES string of the molecule is CCOc1cc(C=NNC(=O)C(C)NC(=O)Cc2ccc(OC)cc2)ccc1OCc1cccc(C)c1. The van der Waals surface area contributed by atoms with Gasteiger partial charge in [-0.1, -0.05) is 42.0 Å². The molecule has 2 amide bonds. The molecule has 3 aromatic rings. The van der Waals surface area contributed by atoms with Crippen LogP contribution in [-0.2, 0) is 22.6 Å². The predicted octanol–water partition coefficient (Wildman–Crippen LogP) is 4.18. The van der Waals surface area contributed by atoms with E-state index in [1.807, 2.05) is 56.3 Å². The number of ether oxygens (including phenoxy) is 3. The fourth-order valence-electron chi connectivity index (χ4n) is 3.51. The third kappa shape index (κ3) is 8.68. The summed E-state index contributed by atoms with van der Waals surface area (Å²) in [6, 6.07) is 20.0. The number of amides is 2. The molecule has 0 heterocycles. The number of aryl methyl sites for hydroxylation is 1. The molecular formula is C29H33N3O5. The lowest BCUT2D eigenvalue weighted by atomic mass is 10.1. The summed E-state index contributed by atoms with van der Waals surface area (Å²) in [7, 11) is 1.58. The molecule has 194 valence electrons. The van der Waals surface area contributed by atoms with Crippen LogP contribution in [0.15, 0.2) is 71.8 Å². The average Bonchev–Trinajstić information content (AvgIpc) is 2.88. The molecule has 0 saturated heterocycles. The summed E-state index contributed by atoms with van der Waals surface area (Å²) in [6.07, 6.45) is 1.67. The van der Waals surface area contributed by atoms with Gasteiger partial charge in [0.15, 0.2) is 11.5 Å². The second-order valence-corrected chi connectivity index (χ2v) is 8.47. The van der Waals surface area contributed by atoms with E-state index in [0.717, 1.165) is 16.7 Å². The summed E-state index contributed by atoms with van der Waals surface area (Å²) in [5, 5.41) is 6.70. The molecule has 0 saturated carbocycles. The van der Waals surface area contributed by atoms with Crippen LogP contribution in [0, 0.1) is 6.92 Å². The first-order chi connectivity index (χ1) is 17.9. The van der Waals surface area contributed by atoms with Gasteiger partial charge in [0.1, 0.15) is 18.4 Å². The topological polar surface area (TPSA) is 98.2 Å². The van der Waals surface area contributed by atoms with Gasteiger partial charge in [0.2, 0.25) is 5.91 Å². The van der Waals surface area contributed by atoms with E-state index in [4.69, 9.17) is 14.2 Å². The van der Waals surface area contributed by atoms with Crippen molar-refractivity contribution in [3.63, 3.8) is 0 Å². The van der Waals surface area contributed by atoms with Gasteiger partial charge in [0.25, 0.3) is 5.91 Å². The van der Waals surface area contributed by atoms with Crippen LogP contribution >= 0.6 is 0 Å². The first kappa shape index (κ1) is 27.3. The normalized spacial score (nSPS) is 11.6. The van der Waals surface area contributed by atoms with Gasteiger partial charge in [0, 0.05) is 0 Å². The van der Waals surface area contributed by atoms with Gasteiger partial charge >= 0.3 is 0 Å². The summed E-state index contributed by atoms with van der Waals surface area (Å²) < 4.78 is 16.8. The quantitative estimate of drug-likeness (QED) is 0.285. The van der Waals surface area contributed by atoms with Crippen molar-refractivity contribution in [2.75, 3.05) is 13.7 Å². The molecule has 2 N–H and O–H groups in total. The Morgan fingerprint density at radius 1 is 0.973 bits per heavy atom. The molecular weight excluding hydrogens is 470 g/mol. The largest absolute Gasteiger partial charge is 0.497 e. The Morgan fingerprint density at radius 3 is 2.46 bits per heavy atom. The van der Waals surface area contributed by atoms with Gasteiger partial charge in [-0.25, -0.2) is 5.43 Å². The summed E-state index contributed by atoms with van der Waals surface area (Å²) in [4.78, 5) is 24.7. The number of methoxy groups -OCH3 is 1. The van der Waals surface area contributed by atoms with Crippen LogP contribution in [0.25, 0.3) is 0 Å². The summed E-state index contributed by atoms with van der Waals surface area (Å²) >= 11 is 0. The highest BCUT2D eigenvalue weighted by Gasteiger charge is 2.15. The van der Waals surface area contributed by atoms with Crippen LogP contribution in [0.2, 0.25) is 0 Å². The molecule has 0 aliphatic heterocycles. The maximum atomic E-state index is 12.4. The van der Waals surface area contributed by atoms with E-state index in [0.29, 0.717) is 30.5 Å². The molecule has 1 atom stereocenters. The molecule has 8 nitrogen and oxygen atoms in total. The van der Waals surface area contributed by atoms with E-state index < -0.39 is 11.9 Å². The number of hydrogen-bond acceptors (Lipinski definition) is 6. The second-order valence-electron chi connectivity index (χ2n) is 8.47. The molecule has 37 heavy (non-hydrogen) atoms. The number of benzene rings is 3. The van der Waals surface area contributed by atoms with Crippen LogP contribution in [0.5, 0.6) is 17.2 Å². The Labute approximate surface area is 217 Å². The number of hydrogen-bond donors (Lipinski definition) is 2. The van der Waals surface area contributed by atoms with Crippen LogP contribution < -0.4 is 25.0 Å². The van der Waals surface area contributed by atoms with Crippen molar-refractivity contribution in [3.05, 3.63) is 89.0 Å². The summed E-state index contributed by atoms with van der Waals surface area (Å²) in [5.41, 5.74) is 6.25. The van der Waals surface area contributed by atoms with Crippen LogP contribution in [0.4, 0.5) is 0 Å². The minimum atomic E-state index is -0.751. The van der Waals surface area contributed by atoms with E-state index in [1.165, 1.54) is 11.8 Å².